The van der Waals surface area contributed by atoms with E-state index in [9.17, 15) is 4.39 Å². The van der Waals surface area contributed by atoms with Gasteiger partial charge < -0.3 is 10.2 Å². The van der Waals surface area contributed by atoms with E-state index < -0.39 is 0 Å². The Bertz CT molecular complexity index is 357. The molecule has 1 heterocycles. The van der Waals surface area contributed by atoms with Crippen LogP contribution in [0.2, 0.25) is 0 Å². The summed E-state index contributed by atoms with van der Waals surface area (Å²) in [6.07, 6.45) is 2.26. The highest BCUT2D eigenvalue weighted by atomic mass is 19.1. The van der Waals surface area contributed by atoms with Crippen molar-refractivity contribution in [3.05, 3.63) is 29.6 Å². The largest absolute Gasteiger partial charge is 0.382 e. The number of rotatable bonds is 2. The summed E-state index contributed by atoms with van der Waals surface area (Å²) in [4.78, 5) is 2.33. The number of anilines is 1. The van der Waals surface area contributed by atoms with Gasteiger partial charge >= 0.3 is 0 Å². The third-order valence-corrected chi connectivity index (χ3v) is 3.35. The van der Waals surface area contributed by atoms with Crippen LogP contribution >= 0.6 is 0 Å². The molecule has 1 aliphatic heterocycles. The van der Waals surface area contributed by atoms with Crippen LogP contribution in [0, 0.1) is 12.7 Å². The molecule has 0 radical (unpaired) electrons. The summed E-state index contributed by atoms with van der Waals surface area (Å²) in [5, 5.41) is 3.44. The molecule has 0 aliphatic carbocycles. The number of nitrogens with one attached hydrogen (secondary N) is 1. The summed E-state index contributed by atoms with van der Waals surface area (Å²) in [6.45, 7) is 4.06. The minimum atomic E-state index is -0.127. The van der Waals surface area contributed by atoms with Gasteiger partial charge in [0.05, 0.1) is 0 Å². The molecule has 0 aromatic heterocycles. The van der Waals surface area contributed by atoms with Crippen molar-refractivity contribution in [1.29, 1.82) is 0 Å². The molecule has 0 unspecified atom stereocenters. The second-order valence-corrected chi connectivity index (χ2v) is 4.63. The molecule has 1 N–H and O–H groups in total. The Kier molecular flexibility index (Phi) is 3.44. The van der Waals surface area contributed by atoms with E-state index in [4.69, 9.17) is 0 Å². The van der Waals surface area contributed by atoms with E-state index in [-0.39, 0.29) is 5.82 Å². The van der Waals surface area contributed by atoms with E-state index in [1.54, 1.807) is 6.07 Å². The molecule has 88 valence electrons. The molecule has 0 amide bonds. The van der Waals surface area contributed by atoms with Crippen molar-refractivity contribution in [1.82, 2.24) is 4.90 Å². The predicted octanol–water partition coefficient (Wildman–Crippen LogP) is 2.64. The summed E-state index contributed by atoms with van der Waals surface area (Å²) < 4.78 is 13.3. The van der Waals surface area contributed by atoms with Crippen molar-refractivity contribution in [3.8, 4) is 0 Å². The maximum atomic E-state index is 13.3. The first-order chi connectivity index (χ1) is 7.66. The van der Waals surface area contributed by atoms with Crippen molar-refractivity contribution < 1.29 is 4.39 Å². The standard InChI is InChI=1S/C13H19FN2/c1-10-12(14)4-3-5-13(10)15-11-6-8-16(2)9-7-11/h3-5,11,15H,6-9H2,1-2H3. The number of halogens is 1. The van der Waals surface area contributed by atoms with Crippen molar-refractivity contribution in [2.75, 3.05) is 25.5 Å². The number of likely N-dealkylation sites (tertiary alicyclic amines) is 1. The summed E-state index contributed by atoms with van der Waals surface area (Å²) in [5.41, 5.74) is 1.66. The summed E-state index contributed by atoms with van der Waals surface area (Å²) in [6, 6.07) is 5.71. The first kappa shape index (κ1) is 11.4. The van der Waals surface area contributed by atoms with Crippen LogP contribution in [0.15, 0.2) is 18.2 Å². The van der Waals surface area contributed by atoms with Gasteiger partial charge in [0.25, 0.3) is 0 Å². The monoisotopic (exact) mass is 222 g/mol. The van der Waals surface area contributed by atoms with E-state index in [1.165, 1.54) is 6.07 Å². The molecule has 0 saturated carbocycles. The van der Waals surface area contributed by atoms with Crippen LogP contribution in [0.1, 0.15) is 18.4 Å². The van der Waals surface area contributed by atoms with Crippen molar-refractivity contribution in [2.24, 2.45) is 0 Å². The van der Waals surface area contributed by atoms with Gasteiger partial charge in [-0.15, -0.1) is 0 Å². The number of hydrogen-bond acceptors (Lipinski definition) is 2. The number of nitrogens with zero attached hydrogens (tertiary/aromatic N) is 1. The van der Waals surface area contributed by atoms with Crippen LogP contribution in [0.5, 0.6) is 0 Å². The van der Waals surface area contributed by atoms with Gasteiger partial charge in [-0.1, -0.05) is 6.07 Å². The molecule has 0 atom stereocenters. The highest BCUT2D eigenvalue weighted by molar-refractivity contribution is 5.51. The highest BCUT2D eigenvalue weighted by Crippen LogP contribution is 2.21. The lowest BCUT2D eigenvalue weighted by atomic mass is 10.0. The lowest BCUT2D eigenvalue weighted by Gasteiger charge is -2.30. The minimum absolute atomic E-state index is 0.127. The summed E-state index contributed by atoms with van der Waals surface area (Å²) >= 11 is 0. The lowest BCUT2D eigenvalue weighted by Crippen LogP contribution is -2.36. The molecule has 16 heavy (non-hydrogen) atoms. The van der Waals surface area contributed by atoms with Crippen molar-refractivity contribution in [2.45, 2.75) is 25.8 Å². The average molecular weight is 222 g/mol. The SMILES string of the molecule is Cc1c(F)cccc1NC1CCN(C)CC1. The lowest BCUT2D eigenvalue weighted by molar-refractivity contribution is 0.264. The van der Waals surface area contributed by atoms with Gasteiger partial charge in [0, 0.05) is 17.3 Å². The molecule has 0 spiro atoms. The fourth-order valence-corrected chi connectivity index (χ4v) is 2.14. The van der Waals surface area contributed by atoms with Gasteiger partial charge in [0.2, 0.25) is 0 Å². The zero-order valence-corrected chi connectivity index (χ0v) is 9.96. The van der Waals surface area contributed by atoms with E-state index >= 15 is 0 Å². The van der Waals surface area contributed by atoms with Gasteiger partial charge in [-0.25, -0.2) is 4.39 Å². The Morgan fingerprint density at radius 3 is 2.69 bits per heavy atom. The maximum Gasteiger partial charge on any atom is 0.128 e. The molecular weight excluding hydrogens is 203 g/mol. The van der Waals surface area contributed by atoms with Gasteiger partial charge in [-0.05, 0) is 52.0 Å². The summed E-state index contributed by atoms with van der Waals surface area (Å²) in [5.74, 6) is -0.127. The van der Waals surface area contributed by atoms with E-state index in [2.05, 4.69) is 17.3 Å². The van der Waals surface area contributed by atoms with Crippen LogP contribution in [0.4, 0.5) is 10.1 Å². The number of piperidine rings is 1. The van der Waals surface area contributed by atoms with Crippen LogP contribution in [0.3, 0.4) is 0 Å². The zero-order chi connectivity index (χ0) is 11.5. The first-order valence-electron chi connectivity index (χ1n) is 5.87. The second kappa shape index (κ2) is 4.83. The number of hydrogen-bond donors (Lipinski definition) is 1. The fraction of sp³-hybridized carbons (Fsp3) is 0.538. The second-order valence-electron chi connectivity index (χ2n) is 4.63. The quantitative estimate of drug-likeness (QED) is 0.827. The molecule has 1 aromatic rings. The molecule has 1 aromatic carbocycles. The van der Waals surface area contributed by atoms with Gasteiger partial charge in [0.1, 0.15) is 5.82 Å². The van der Waals surface area contributed by atoms with Crippen LogP contribution in [-0.4, -0.2) is 31.1 Å². The third kappa shape index (κ3) is 2.53. The average Bonchev–Trinajstić information content (AvgIpc) is 2.28. The Balaban J connectivity index is 2.01. The molecule has 1 saturated heterocycles. The summed E-state index contributed by atoms with van der Waals surface area (Å²) in [7, 11) is 2.14. The fourth-order valence-electron chi connectivity index (χ4n) is 2.14. The van der Waals surface area contributed by atoms with Crippen LogP contribution < -0.4 is 5.32 Å². The molecular formula is C13H19FN2. The van der Waals surface area contributed by atoms with Crippen molar-refractivity contribution in [3.63, 3.8) is 0 Å². The van der Waals surface area contributed by atoms with Crippen LogP contribution in [0.25, 0.3) is 0 Å². The molecule has 2 rings (SSSR count). The normalized spacial score (nSPS) is 18.7. The van der Waals surface area contributed by atoms with E-state index in [0.717, 1.165) is 37.2 Å². The molecule has 1 aliphatic rings. The predicted molar refractivity (Wildman–Crippen MR) is 65.3 cm³/mol. The smallest absolute Gasteiger partial charge is 0.128 e. The van der Waals surface area contributed by atoms with Gasteiger partial charge in [-0.2, -0.15) is 0 Å². The molecule has 0 bridgehead atoms. The zero-order valence-electron chi connectivity index (χ0n) is 9.96. The molecule has 1 fully saturated rings. The van der Waals surface area contributed by atoms with Crippen molar-refractivity contribution >= 4 is 5.69 Å². The van der Waals surface area contributed by atoms with Gasteiger partial charge in [0.15, 0.2) is 0 Å². The van der Waals surface area contributed by atoms with E-state index in [0.29, 0.717) is 6.04 Å². The Labute approximate surface area is 96.5 Å². The highest BCUT2D eigenvalue weighted by Gasteiger charge is 2.17. The van der Waals surface area contributed by atoms with Gasteiger partial charge in [-0.3, -0.25) is 0 Å². The number of benzene rings is 1. The topological polar surface area (TPSA) is 15.3 Å². The Hall–Kier alpha value is -1.09. The minimum Gasteiger partial charge on any atom is -0.382 e. The van der Waals surface area contributed by atoms with E-state index in [1.807, 2.05) is 13.0 Å². The van der Waals surface area contributed by atoms with Crippen LogP contribution in [-0.2, 0) is 0 Å². The third-order valence-electron chi connectivity index (χ3n) is 3.35. The first-order valence-corrected chi connectivity index (χ1v) is 5.87. The molecule has 2 nitrogen and oxygen atoms in total. The Morgan fingerprint density at radius 1 is 1.31 bits per heavy atom. The molecule has 3 heteroatoms. The Morgan fingerprint density at radius 2 is 2.00 bits per heavy atom. The maximum absolute atomic E-state index is 13.3.